The number of nitrogens with zero attached hydrogens (tertiary/aromatic N) is 3. The number of carbonyl (C=O) groups excluding carboxylic acids is 2. The lowest BCUT2D eigenvalue weighted by Crippen LogP contribution is -2.49. The van der Waals surface area contributed by atoms with Crippen molar-refractivity contribution in [3.8, 4) is 5.75 Å². The van der Waals surface area contributed by atoms with Gasteiger partial charge in [-0.1, -0.05) is 30.3 Å². The first kappa shape index (κ1) is 21.5. The number of carbonyl (C=O) groups is 2. The second-order valence-corrected chi connectivity index (χ2v) is 7.96. The van der Waals surface area contributed by atoms with E-state index in [1.807, 2.05) is 60.7 Å². The van der Waals surface area contributed by atoms with Crippen LogP contribution >= 0.6 is 0 Å². The first-order chi connectivity index (χ1) is 16.7. The molecular formula is C26H24N4O4. The van der Waals surface area contributed by atoms with Crippen LogP contribution in [0.5, 0.6) is 5.75 Å². The summed E-state index contributed by atoms with van der Waals surface area (Å²) in [4.78, 5) is 33.6. The molecule has 1 aliphatic rings. The quantitative estimate of drug-likeness (QED) is 0.475. The number of rotatable bonds is 6. The van der Waals surface area contributed by atoms with Crippen LogP contribution in [0.1, 0.15) is 10.6 Å². The van der Waals surface area contributed by atoms with Crippen LogP contribution < -0.4 is 15.0 Å². The number of anilines is 2. The van der Waals surface area contributed by atoms with Crippen molar-refractivity contribution in [2.24, 2.45) is 0 Å². The molecule has 0 unspecified atom stereocenters. The average molecular weight is 457 g/mol. The van der Waals surface area contributed by atoms with Crippen LogP contribution in [0.4, 0.5) is 11.5 Å². The number of amides is 2. The number of benzene rings is 2. The SMILES string of the molecule is O=C(COc1cccc2ccc(N3CCN(C(=O)c4ccco4)CC3)nc12)Nc1ccccc1. The van der Waals surface area contributed by atoms with E-state index in [0.717, 1.165) is 16.9 Å². The summed E-state index contributed by atoms with van der Waals surface area (Å²) in [5.41, 5.74) is 1.42. The zero-order chi connectivity index (χ0) is 23.3. The van der Waals surface area contributed by atoms with Crippen LogP contribution in [0.15, 0.2) is 83.5 Å². The third-order valence-corrected chi connectivity index (χ3v) is 5.71. The molecule has 2 aromatic carbocycles. The summed E-state index contributed by atoms with van der Waals surface area (Å²) in [6, 6.07) is 22.3. The Kier molecular flexibility index (Phi) is 6.11. The van der Waals surface area contributed by atoms with Gasteiger partial charge >= 0.3 is 0 Å². The van der Waals surface area contributed by atoms with Gasteiger partial charge in [-0.05, 0) is 42.5 Å². The second kappa shape index (κ2) is 9.66. The van der Waals surface area contributed by atoms with Crippen LogP contribution in [0, 0.1) is 0 Å². The van der Waals surface area contributed by atoms with E-state index in [9.17, 15) is 9.59 Å². The molecule has 8 heteroatoms. The van der Waals surface area contributed by atoms with E-state index in [2.05, 4.69) is 10.2 Å². The number of fused-ring (bicyclic) bond motifs is 1. The molecule has 4 aromatic rings. The van der Waals surface area contributed by atoms with Gasteiger partial charge in [-0.2, -0.15) is 0 Å². The number of hydrogen-bond donors (Lipinski definition) is 1. The minimum Gasteiger partial charge on any atom is -0.481 e. The summed E-state index contributed by atoms with van der Waals surface area (Å²) in [5, 5.41) is 3.74. The Labute approximate surface area is 196 Å². The van der Waals surface area contributed by atoms with Gasteiger partial charge in [0.15, 0.2) is 12.4 Å². The highest BCUT2D eigenvalue weighted by Crippen LogP contribution is 2.27. The minimum atomic E-state index is -0.239. The smallest absolute Gasteiger partial charge is 0.289 e. The molecular weight excluding hydrogens is 432 g/mol. The molecule has 2 aromatic heterocycles. The summed E-state index contributed by atoms with van der Waals surface area (Å²) in [6.45, 7) is 2.36. The molecule has 0 spiro atoms. The summed E-state index contributed by atoms with van der Waals surface area (Å²) in [5.74, 6) is 1.38. The number of pyridine rings is 1. The number of para-hydroxylation sites is 2. The van der Waals surface area contributed by atoms with Gasteiger partial charge in [-0.25, -0.2) is 4.98 Å². The monoisotopic (exact) mass is 456 g/mol. The fourth-order valence-corrected chi connectivity index (χ4v) is 3.96. The van der Waals surface area contributed by atoms with Crippen LogP contribution in [-0.2, 0) is 4.79 Å². The van der Waals surface area contributed by atoms with E-state index in [4.69, 9.17) is 14.1 Å². The van der Waals surface area contributed by atoms with E-state index in [1.165, 1.54) is 6.26 Å². The summed E-state index contributed by atoms with van der Waals surface area (Å²) in [7, 11) is 0. The Hall–Kier alpha value is -4.33. The van der Waals surface area contributed by atoms with Crippen molar-refractivity contribution in [1.29, 1.82) is 0 Å². The van der Waals surface area contributed by atoms with E-state index < -0.39 is 0 Å². The summed E-state index contributed by atoms with van der Waals surface area (Å²) < 4.78 is 11.1. The van der Waals surface area contributed by atoms with Crippen molar-refractivity contribution in [3.63, 3.8) is 0 Å². The van der Waals surface area contributed by atoms with E-state index in [-0.39, 0.29) is 18.4 Å². The lowest BCUT2D eigenvalue weighted by Gasteiger charge is -2.35. The molecule has 0 atom stereocenters. The van der Waals surface area contributed by atoms with Gasteiger partial charge in [0.1, 0.15) is 17.1 Å². The van der Waals surface area contributed by atoms with Gasteiger partial charge in [-0.15, -0.1) is 0 Å². The maximum atomic E-state index is 12.5. The highest BCUT2D eigenvalue weighted by Gasteiger charge is 2.24. The molecule has 2 amide bonds. The normalized spacial score (nSPS) is 13.6. The zero-order valence-electron chi connectivity index (χ0n) is 18.5. The predicted octanol–water partition coefficient (Wildman–Crippen LogP) is 3.81. The second-order valence-electron chi connectivity index (χ2n) is 7.96. The van der Waals surface area contributed by atoms with Gasteiger partial charge in [-0.3, -0.25) is 9.59 Å². The van der Waals surface area contributed by atoms with Gasteiger partial charge in [0, 0.05) is 37.3 Å². The van der Waals surface area contributed by atoms with Crippen molar-refractivity contribution in [1.82, 2.24) is 9.88 Å². The molecule has 34 heavy (non-hydrogen) atoms. The van der Waals surface area contributed by atoms with Crippen molar-refractivity contribution < 1.29 is 18.7 Å². The van der Waals surface area contributed by atoms with E-state index >= 15 is 0 Å². The summed E-state index contributed by atoms with van der Waals surface area (Å²) >= 11 is 0. The maximum absolute atomic E-state index is 12.5. The minimum absolute atomic E-state index is 0.0967. The van der Waals surface area contributed by atoms with Gasteiger partial charge in [0.25, 0.3) is 11.8 Å². The highest BCUT2D eigenvalue weighted by atomic mass is 16.5. The Morgan fingerprint density at radius 1 is 0.912 bits per heavy atom. The van der Waals surface area contributed by atoms with E-state index in [1.54, 1.807) is 17.0 Å². The molecule has 0 saturated carbocycles. The molecule has 0 bridgehead atoms. The molecule has 1 N–H and O–H groups in total. The fourth-order valence-electron chi connectivity index (χ4n) is 3.96. The Balaban J connectivity index is 1.25. The van der Waals surface area contributed by atoms with Gasteiger partial charge in [0.2, 0.25) is 0 Å². The topological polar surface area (TPSA) is 87.9 Å². The number of nitrogens with one attached hydrogen (secondary N) is 1. The van der Waals surface area contributed by atoms with Gasteiger partial charge < -0.3 is 24.3 Å². The average Bonchev–Trinajstić information content (AvgIpc) is 3.42. The summed E-state index contributed by atoms with van der Waals surface area (Å²) in [6.07, 6.45) is 1.51. The third-order valence-electron chi connectivity index (χ3n) is 5.71. The highest BCUT2D eigenvalue weighted by molar-refractivity contribution is 5.93. The molecule has 0 aliphatic carbocycles. The fraction of sp³-hybridized carbons (Fsp3) is 0.192. The lowest BCUT2D eigenvalue weighted by molar-refractivity contribution is -0.118. The van der Waals surface area contributed by atoms with Gasteiger partial charge in [0.05, 0.1) is 6.26 Å². The first-order valence-electron chi connectivity index (χ1n) is 11.1. The Morgan fingerprint density at radius 2 is 1.74 bits per heavy atom. The van der Waals surface area contributed by atoms with Crippen molar-refractivity contribution in [2.45, 2.75) is 0 Å². The zero-order valence-corrected chi connectivity index (χ0v) is 18.5. The number of ether oxygens (including phenoxy) is 1. The number of piperazine rings is 1. The molecule has 1 fully saturated rings. The molecule has 3 heterocycles. The predicted molar refractivity (Wildman–Crippen MR) is 129 cm³/mol. The Bertz CT molecular complexity index is 1280. The standard InChI is InChI=1S/C26H24N4O4/c31-24(27-20-7-2-1-3-8-20)18-34-21-9-4-6-19-11-12-23(28-25(19)21)29-13-15-30(16-14-29)26(32)22-10-5-17-33-22/h1-12,17H,13-16,18H2,(H,27,31). The molecule has 5 rings (SSSR count). The third kappa shape index (κ3) is 4.71. The lowest BCUT2D eigenvalue weighted by atomic mass is 10.2. The Morgan fingerprint density at radius 3 is 2.50 bits per heavy atom. The van der Waals surface area contributed by atoms with Crippen LogP contribution in [0.25, 0.3) is 10.9 Å². The molecule has 0 radical (unpaired) electrons. The van der Waals surface area contributed by atoms with Crippen LogP contribution in [0.3, 0.4) is 0 Å². The number of aromatic nitrogens is 1. The number of furan rings is 1. The van der Waals surface area contributed by atoms with Crippen molar-refractivity contribution >= 4 is 34.2 Å². The maximum Gasteiger partial charge on any atom is 0.289 e. The largest absolute Gasteiger partial charge is 0.481 e. The van der Waals surface area contributed by atoms with Crippen LogP contribution in [-0.4, -0.2) is 54.5 Å². The molecule has 1 aliphatic heterocycles. The van der Waals surface area contributed by atoms with Crippen molar-refractivity contribution in [2.75, 3.05) is 43.0 Å². The number of hydrogen-bond acceptors (Lipinski definition) is 6. The first-order valence-corrected chi connectivity index (χ1v) is 11.1. The molecule has 172 valence electrons. The molecule has 1 saturated heterocycles. The van der Waals surface area contributed by atoms with Crippen molar-refractivity contribution in [3.05, 3.63) is 84.8 Å². The van der Waals surface area contributed by atoms with E-state index in [0.29, 0.717) is 43.2 Å². The van der Waals surface area contributed by atoms with Crippen LogP contribution in [0.2, 0.25) is 0 Å². The molecule has 8 nitrogen and oxygen atoms in total.